The fourth-order valence-corrected chi connectivity index (χ4v) is 3.36. The topological polar surface area (TPSA) is 133 Å². The van der Waals surface area contributed by atoms with Crippen LogP contribution in [0.25, 0.3) is 6.08 Å². The second kappa shape index (κ2) is 7.53. The number of aromatic hydroxyl groups is 1. The van der Waals surface area contributed by atoms with E-state index in [2.05, 4.69) is 4.99 Å². The van der Waals surface area contributed by atoms with Crippen molar-refractivity contribution >= 4 is 46.3 Å². The molecule has 0 radical (unpaired) electrons. The first-order valence-electron chi connectivity index (χ1n) is 7.83. The standard InChI is InChI=1S/C18H13N3O6S/c1-20-16(23)15(9-11-8-13(21(26)27)5-6-14(11)22)28-18(20)19-12-4-2-3-10(7-12)17(24)25/h2-9,22H,1H3,(H,24,25)/b15-9-,19-18?. The van der Waals surface area contributed by atoms with Crippen molar-refractivity contribution in [2.24, 2.45) is 4.99 Å². The molecule has 0 unspecified atom stereocenters. The summed E-state index contributed by atoms with van der Waals surface area (Å²) in [4.78, 5) is 39.6. The number of aromatic carboxylic acids is 1. The molecule has 2 N–H and O–H groups in total. The highest BCUT2D eigenvalue weighted by atomic mass is 32.2. The molecule has 1 aliphatic rings. The minimum Gasteiger partial charge on any atom is -0.507 e. The number of phenolic OH excluding ortho intramolecular Hbond substituents is 1. The summed E-state index contributed by atoms with van der Waals surface area (Å²) in [6.07, 6.45) is 1.35. The molecule has 1 amide bonds. The van der Waals surface area contributed by atoms with E-state index in [1.807, 2.05) is 0 Å². The maximum atomic E-state index is 12.5. The van der Waals surface area contributed by atoms with Crippen LogP contribution in [0, 0.1) is 10.1 Å². The Morgan fingerprint density at radius 1 is 1.29 bits per heavy atom. The first-order valence-corrected chi connectivity index (χ1v) is 8.65. The molecule has 0 aromatic heterocycles. The summed E-state index contributed by atoms with van der Waals surface area (Å²) in [5, 5.41) is 30.2. The number of carbonyl (C=O) groups excluding carboxylic acids is 1. The predicted molar refractivity (Wildman–Crippen MR) is 104 cm³/mol. The van der Waals surface area contributed by atoms with Crippen molar-refractivity contribution in [3.05, 3.63) is 68.6 Å². The molecule has 142 valence electrons. The van der Waals surface area contributed by atoms with Crippen molar-refractivity contribution in [1.29, 1.82) is 0 Å². The number of rotatable bonds is 4. The number of amides is 1. The molecule has 0 aliphatic carbocycles. The molecule has 2 aromatic carbocycles. The average molecular weight is 399 g/mol. The Bertz CT molecular complexity index is 1060. The molecule has 0 bridgehead atoms. The maximum Gasteiger partial charge on any atom is 0.335 e. The molecule has 0 atom stereocenters. The number of carboxylic acids is 1. The summed E-state index contributed by atoms with van der Waals surface area (Å²) in [7, 11) is 1.50. The van der Waals surface area contributed by atoms with Crippen LogP contribution in [0.1, 0.15) is 15.9 Å². The largest absolute Gasteiger partial charge is 0.507 e. The van der Waals surface area contributed by atoms with Crippen LogP contribution in [0.15, 0.2) is 52.4 Å². The molecule has 9 nitrogen and oxygen atoms in total. The van der Waals surface area contributed by atoms with Gasteiger partial charge in [-0.05, 0) is 42.1 Å². The van der Waals surface area contributed by atoms with Gasteiger partial charge in [0.1, 0.15) is 5.75 Å². The summed E-state index contributed by atoms with van der Waals surface area (Å²) < 4.78 is 0. The van der Waals surface area contributed by atoms with Gasteiger partial charge < -0.3 is 10.2 Å². The molecular formula is C18H13N3O6S. The number of amidine groups is 1. The van der Waals surface area contributed by atoms with Crippen LogP contribution < -0.4 is 0 Å². The number of thioether (sulfide) groups is 1. The zero-order valence-corrected chi connectivity index (χ0v) is 15.2. The third-order valence-corrected chi connectivity index (χ3v) is 4.89. The van der Waals surface area contributed by atoms with Gasteiger partial charge in [-0.15, -0.1) is 0 Å². The fraction of sp³-hybridized carbons (Fsp3) is 0.0556. The molecular weight excluding hydrogens is 386 g/mol. The zero-order chi connectivity index (χ0) is 20.4. The lowest BCUT2D eigenvalue weighted by Crippen LogP contribution is -2.23. The van der Waals surface area contributed by atoms with Gasteiger partial charge in [0.15, 0.2) is 5.17 Å². The number of non-ortho nitro benzene ring substituents is 1. The Hall–Kier alpha value is -3.66. The van der Waals surface area contributed by atoms with E-state index in [1.54, 1.807) is 12.1 Å². The number of aliphatic imine (C=N–C) groups is 1. The third-order valence-electron chi connectivity index (χ3n) is 3.83. The van der Waals surface area contributed by atoms with Crippen molar-refractivity contribution in [1.82, 2.24) is 4.90 Å². The lowest BCUT2D eigenvalue weighted by molar-refractivity contribution is -0.384. The number of nitro benzene ring substituents is 1. The summed E-state index contributed by atoms with van der Waals surface area (Å²) in [6, 6.07) is 9.47. The van der Waals surface area contributed by atoms with Crippen molar-refractivity contribution in [3.63, 3.8) is 0 Å². The van der Waals surface area contributed by atoms with Gasteiger partial charge in [0.05, 0.1) is 21.1 Å². The van der Waals surface area contributed by atoms with E-state index in [-0.39, 0.29) is 27.5 Å². The van der Waals surface area contributed by atoms with Gasteiger partial charge in [-0.2, -0.15) is 0 Å². The molecule has 3 rings (SSSR count). The number of nitro groups is 1. The van der Waals surface area contributed by atoms with Gasteiger partial charge in [-0.25, -0.2) is 9.79 Å². The second-order valence-corrected chi connectivity index (χ2v) is 6.73. The number of hydrogen-bond donors (Lipinski definition) is 2. The predicted octanol–water partition coefficient (Wildman–Crippen LogP) is 3.23. The van der Waals surface area contributed by atoms with Gasteiger partial charge in [-0.3, -0.25) is 19.8 Å². The Labute approximate surface area is 162 Å². The van der Waals surface area contributed by atoms with Crippen LogP contribution in [0.2, 0.25) is 0 Å². The monoisotopic (exact) mass is 399 g/mol. The van der Waals surface area contributed by atoms with E-state index in [4.69, 9.17) is 5.11 Å². The summed E-state index contributed by atoms with van der Waals surface area (Å²) in [5.74, 6) is -1.69. The number of benzene rings is 2. The Morgan fingerprint density at radius 2 is 2.04 bits per heavy atom. The first-order chi connectivity index (χ1) is 13.3. The molecule has 28 heavy (non-hydrogen) atoms. The zero-order valence-electron chi connectivity index (χ0n) is 14.4. The highest BCUT2D eigenvalue weighted by Gasteiger charge is 2.30. The van der Waals surface area contributed by atoms with Gasteiger partial charge in [-0.1, -0.05) is 6.07 Å². The highest BCUT2D eigenvalue weighted by Crippen LogP contribution is 2.35. The Kier molecular flexibility index (Phi) is 5.14. The number of carbonyl (C=O) groups is 2. The summed E-state index contributed by atoms with van der Waals surface area (Å²) >= 11 is 1.01. The SMILES string of the molecule is CN1C(=O)/C(=C/c2cc([N+](=O)[O-])ccc2O)SC1=Nc1cccc(C(=O)O)c1. The lowest BCUT2D eigenvalue weighted by atomic mass is 10.1. The molecule has 1 aliphatic heterocycles. The van der Waals surface area contributed by atoms with Crippen molar-refractivity contribution < 1.29 is 24.7 Å². The molecule has 1 heterocycles. The Balaban J connectivity index is 1.95. The molecule has 10 heteroatoms. The van der Waals surface area contributed by atoms with Crippen LogP contribution in [-0.2, 0) is 4.79 Å². The number of nitrogens with zero attached hydrogens (tertiary/aromatic N) is 3. The molecule has 0 saturated carbocycles. The van der Waals surface area contributed by atoms with E-state index in [1.165, 1.54) is 42.3 Å². The number of carboxylic acid groups (broad SMARTS) is 1. The summed E-state index contributed by atoms with van der Waals surface area (Å²) in [6.45, 7) is 0. The van der Waals surface area contributed by atoms with Gasteiger partial charge >= 0.3 is 5.97 Å². The normalized spacial score (nSPS) is 16.8. The lowest BCUT2D eigenvalue weighted by Gasteiger charge is -2.07. The van der Waals surface area contributed by atoms with E-state index in [0.29, 0.717) is 10.9 Å². The van der Waals surface area contributed by atoms with E-state index in [0.717, 1.165) is 17.8 Å². The molecule has 2 aromatic rings. The fourth-order valence-electron chi connectivity index (χ4n) is 2.38. The van der Waals surface area contributed by atoms with Gasteiger partial charge in [0.25, 0.3) is 11.6 Å². The third kappa shape index (κ3) is 3.86. The second-order valence-electron chi connectivity index (χ2n) is 5.72. The quantitative estimate of drug-likeness (QED) is 0.458. The number of phenols is 1. The minimum absolute atomic E-state index is 0.0658. The maximum absolute atomic E-state index is 12.5. The average Bonchev–Trinajstić information content (AvgIpc) is 2.91. The van der Waals surface area contributed by atoms with Gasteiger partial charge in [0.2, 0.25) is 0 Å². The van der Waals surface area contributed by atoms with Crippen LogP contribution in [-0.4, -0.2) is 44.1 Å². The highest BCUT2D eigenvalue weighted by molar-refractivity contribution is 8.18. The smallest absolute Gasteiger partial charge is 0.335 e. The minimum atomic E-state index is -1.09. The van der Waals surface area contributed by atoms with Crippen LogP contribution in [0.4, 0.5) is 11.4 Å². The number of hydrogen-bond acceptors (Lipinski definition) is 7. The molecule has 1 fully saturated rings. The van der Waals surface area contributed by atoms with Crippen LogP contribution >= 0.6 is 11.8 Å². The van der Waals surface area contributed by atoms with Crippen molar-refractivity contribution in [3.8, 4) is 5.75 Å². The van der Waals surface area contributed by atoms with Crippen molar-refractivity contribution in [2.75, 3.05) is 7.05 Å². The molecule has 1 saturated heterocycles. The number of likely N-dealkylation sites (N-methyl/N-ethyl adjacent to an activating group) is 1. The first kappa shape index (κ1) is 19.1. The van der Waals surface area contributed by atoms with Gasteiger partial charge in [0, 0.05) is 24.7 Å². The van der Waals surface area contributed by atoms with E-state index >= 15 is 0 Å². The molecule has 0 spiro atoms. The Morgan fingerprint density at radius 3 is 2.71 bits per heavy atom. The van der Waals surface area contributed by atoms with Crippen LogP contribution in [0.5, 0.6) is 5.75 Å². The van der Waals surface area contributed by atoms with Crippen molar-refractivity contribution in [2.45, 2.75) is 0 Å². The summed E-state index contributed by atoms with van der Waals surface area (Å²) in [5.41, 5.74) is 0.345. The van der Waals surface area contributed by atoms with Crippen LogP contribution in [0.3, 0.4) is 0 Å². The van der Waals surface area contributed by atoms with E-state index < -0.39 is 16.8 Å². The van der Waals surface area contributed by atoms with E-state index in [9.17, 15) is 24.8 Å².